The predicted octanol–water partition coefficient (Wildman–Crippen LogP) is -3.69. The van der Waals surface area contributed by atoms with Gasteiger partial charge in [-0.2, -0.15) is 4.57 Å². The summed E-state index contributed by atoms with van der Waals surface area (Å²) < 4.78 is 10.6. The van der Waals surface area contributed by atoms with Crippen LogP contribution < -0.4 is 34.3 Å². The predicted molar refractivity (Wildman–Crippen MR) is 62.4 cm³/mol. The second kappa shape index (κ2) is 9.02. The molecule has 0 saturated heterocycles. The van der Waals surface area contributed by atoms with Crippen molar-refractivity contribution in [2.24, 2.45) is 5.73 Å². The number of ether oxygens (including phenoxy) is 2. The van der Waals surface area contributed by atoms with Crippen LogP contribution in [0.25, 0.3) is 0 Å². The Hall–Kier alpha value is -1.97. The highest BCUT2D eigenvalue weighted by atomic mass is 127. The normalized spacial score (nSPS) is 9.65. The van der Waals surface area contributed by atoms with Crippen molar-refractivity contribution in [3.8, 4) is 0 Å². The summed E-state index contributed by atoms with van der Waals surface area (Å²) in [4.78, 5) is 32.9. The Balaban J connectivity index is 0.00000361. The van der Waals surface area contributed by atoms with Gasteiger partial charge < -0.3 is 39.2 Å². The summed E-state index contributed by atoms with van der Waals surface area (Å²) in [6, 6.07) is 3.13. The summed E-state index contributed by atoms with van der Waals surface area (Å²) >= 11 is 0. The highest BCUT2D eigenvalue weighted by molar-refractivity contribution is 5.92. The van der Waals surface area contributed by atoms with Crippen molar-refractivity contribution in [3.05, 3.63) is 42.2 Å². The summed E-state index contributed by atoms with van der Waals surface area (Å²) in [5, 5.41) is 0. The van der Waals surface area contributed by atoms with Crippen LogP contribution in [0.3, 0.4) is 0 Å². The number of primary amides is 1. The van der Waals surface area contributed by atoms with Gasteiger partial charge in [-0.25, -0.2) is 9.59 Å². The number of rotatable bonds is 5. The minimum Gasteiger partial charge on any atom is -1.00 e. The van der Waals surface area contributed by atoms with Gasteiger partial charge in [-0.05, 0) is 6.07 Å². The lowest BCUT2D eigenvalue weighted by molar-refractivity contribution is -0.727. The Morgan fingerprint density at radius 3 is 2.55 bits per heavy atom. The lowest BCUT2D eigenvalue weighted by Gasteiger charge is -1.99. The highest BCUT2D eigenvalue weighted by Gasteiger charge is 2.08. The molecule has 108 valence electrons. The molecule has 0 saturated carbocycles. The number of nitrogens with zero attached hydrogens (tertiary/aromatic N) is 1. The van der Waals surface area contributed by atoms with Gasteiger partial charge in [0.1, 0.15) is 5.56 Å². The number of carbonyl (C=O) groups is 3. The minimum atomic E-state index is -0.706. The van der Waals surface area contributed by atoms with E-state index in [0.29, 0.717) is 5.56 Å². The molecule has 1 aromatic heterocycles. The molecule has 0 aliphatic heterocycles. The first-order chi connectivity index (χ1) is 9.02. The third-order valence-corrected chi connectivity index (χ3v) is 2.06. The van der Waals surface area contributed by atoms with Crippen molar-refractivity contribution >= 4 is 17.8 Å². The van der Waals surface area contributed by atoms with Crippen LogP contribution >= 0.6 is 0 Å². The summed E-state index contributed by atoms with van der Waals surface area (Å²) in [7, 11) is 1.20. The van der Waals surface area contributed by atoms with E-state index in [1.807, 2.05) is 0 Å². The van der Waals surface area contributed by atoms with Gasteiger partial charge in [0.15, 0.2) is 12.4 Å². The number of amides is 1. The first-order valence-corrected chi connectivity index (χ1v) is 5.24. The summed E-state index contributed by atoms with van der Waals surface area (Å²) in [5.74, 6) is -1.94. The zero-order chi connectivity index (χ0) is 14.3. The Bertz CT molecular complexity index is 530. The van der Waals surface area contributed by atoms with Crippen molar-refractivity contribution in [3.63, 3.8) is 0 Å². The third kappa shape index (κ3) is 6.27. The SMILES string of the molecule is COC(=O)C=CC(=O)OC[n+]1cccc(C(N)=O)c1.[I-]. The van der Waals surface area contributed by atoms with Crippen LogP contribution in [0.5, 0.6) is 0 Å². The van der Waals surface area contributed by atoms with Gasteiger partial charge in [-0.1, -0.05) is 0 Å². The van der Waals surface area contributed by atoms with Gasteiger partial charge in [-0.15, -0.1) is 0 Å². The first-order valence-electron chi connectivity index (χ1n) is 5.24. The van der Waals surface area contributed by atoms with Gasteiger partial charge in [0.25, 0.3) is 12.6 Å². The maximum atomic E-state index is 11.2. The standard InChI is InChI=1S/C12H12N2O5.HI/c1-18-10(15)4-5-11(16)19-8-14-6-2-3-9(7-14)12(13)17;/h2-7H,8H2,1H3,(H-,13,17);1H. The van der Waals surface area contributed by atoms with E-state index in [2.05, 4.69) is 4.74 Å². The lowest BCUT2D eigenvalue weighted by Crippen LogP contribution is -3.00. The molecule has 0 bridgehead atoms. The smallest absolute Gasteiger partial charge is 0.335 e. The molecule has 0 radical (unpaired) electrons. The number of esters is 2. The number of hydrogen-bond donors (Lipinski definition) is 1. The lowest BCUT2D eigenvalue weighted by atomic mass is 10.3. The largest absolute Gasteiger partial charge is 1.00 e. The Morgan fingerprint density at radius 1 is 1.30 bits per heavy atom. The van der Waals surface area contributed by atoms with Crippen LogP contribution in [-0.4, -0.2) is 25.0 Å². The average molecular weight is 392 g/mol. The number of methoxy groups -OCH3 is 1. The van der Waals surface area contributed by atoms with E-state index >= 15 is 0 Å². The molecule has 1 heterocycles. The molecule has 0 atom stereocenters. The number of nitrogens with two attached hydrogens (primary N) is 1. The molecule has 7 nitrogen and oxygen atoms in total. The van der Waals surface area contributed by atoms with Crippen molar-refractivity contribution in [2.75, 3.05) is 7.11 Å². The maximum Gasteiger partial charge on any atom is 0.335 e. The topological polar surface area (TPSA) is 99.6 Å². The monoisotopic (exact) mass is 392 g/mol. The molecule has 1 aromatic rings. The van der Waals surface area contributed by atoms with E-state index in [0.717, 1.165) is 12.2 Å². The van der Waals surface area contributed by atoms with E-state index in [-0.39, 0.29) is 30.7 Å². The fourth-order valence-electron chi connectivity index (χ4n) is 1.14. The van der Waals surface area contributed by atoms with Crippen molar-refractivity contribution in [2.45, 2.75) is 6.73 Å². The number of halogens is 1. The van der Waals surface area contributed by atoms with Gasteiger partial charge in [0, 0.05) is 18.2 Å². The van der Waals surface area contributed by atoms with Crippen molar-refractivity contribution < 1.29 is 52.4 Å². The molecule has 0 aliphatic rings. The van der Waals surface area contributed by atoms with Crippen molar-refractivity contribution in [1.29, 1.82) is 0 Å². The molecule has 0 spiro atoms. The van der Waals surface area contributed by atoms with Crippen LogP contribution in [0.1, 0.15) is 10.4 Å². The van der Waals surface area contributed by atoms with Crippen LogP contribution in [0.15, 0.2) is 36.7 Å². The second-order valence-electron chi connectivity index (χ2n) is 3.42. The van der Waals surface area contributed by atoms with Crippen LogP contribution in [-0.2, 0) is 25.8 Å². The van der Waals surface area contributed by atoms with E-state index in [9.17, 15) is 14.4 Å². The molecule has 0 aliphatic carbocycles. The Morgan fingerprint density at radius 2 is 1.95 bits per heavy atom. The van der Waals surface area contributed by atoms with Crippen LogP contribution in [0, 0.1) is 0 Å². The second-order valence-corrected chi connectivity index (χ2v) is 3.42. The van der Waals surface area contributed by atoms with Gasteiger partial charge >= 0.3 is 11.9 Å². The highest BCUT2D eigenvalue weighted by Crippen LogP contribution is 1.92. The molecule has 0 unspecified atom stereocenters. The molecule has 20 heavy (non-hydrogen) atoms. The molecule has 1 rings (SSSR count). The van der Waals surface area contributed by atoms with Gasteiger partial charge in [-0.3, -0.25) is 4.79 Å². The zero-order valence-corrected chi connectivity index (χ0v) is 12.8. The number of hydrogen-bond acceptors (Lipinski definition) is 5. The zero-order valence-electron chi connectivity index (χ0n) is 10.6. The van der Waals surface area contributed by atoms with Gasteiger partial charge in [0.05, 0.1) is 7.11 Å². The molecule has 0 aromatic carbocycles. The Labute approximate surface area is 132 Å². The number of carbonyl (C=O) groups excluding carboxylic acids is 3. The van der Waals surface area contributed by atoms with E-state index < -0.39 is 17.8 Å². The minimum absolute atomic E-state index is 0. The molecule has 1 amide bonds. The fourth-order valence-corrected chi connectivity index (χ4v) is 1.14. The number of aromatic nitrogens is 1. The molecule has 0 fully saturated rings. The fraction of sp³-hybridized carbons (Fsp3) is 0.167. The van der Waals surface area contributed by atoms with E-state index in [1.165, 1.54) is 23.9 Å². The summed E-state index contributed by atoms with van der Waals surface area (Å²) in [6.07, 6.45) is 4.94. The van der Waals surface area contributed by atoms with Crippen molar-refractivity contribution in [1.82, 2.24) is 0 Å². The van der Waals surface area contributed by atoms with E-state index in [1.54, 1.807) is 12.3 Å². The first kappa shape index (κ1) is 18.0. The maximum absolute atomic E-state index is 11.2. The number of pyridine rings is 1. The summed E-state index contributed by atoms with van der Waals surface area (Å²) in [6.45, 7) is -0.106. The van der Waals surface area contributed by atoms with Gasteiger partial charge in [0.2, 0.25) is 0 Å². The van der Waals surface area contributed by atoms with E-state index in [4.69, 9.17) is 10.5 Å². The average Bonchev–Trinajstić information content (AvgIpc) is 2.42. The molecular weight excluding hydrogens is 379 g/mol. The van der Waals surface area contributed by atoms with Crippen LogP contribution in [0.4, 0.5) is 0 Å². The van der Waals surface area contributed by atoms with Crippen LogP contribution in [0.2, 0.25) is 0 Å². The molecule has 8 heteroatoms. The summed E-state index contributed by atoms with van der Waals surface area (Å²) in [5.41, 5.74) is 5.41. The molecular formula is C12H13IN2O5. The Kier molecular flexibility index (Phi) is 8.13. The quantitative estimate of drug-likeness (QED) is 0.241. The molecule has 2 N–H and O–H groups in total. The third-order valence-electron chi connectivity index (χ3n) is 2.06.